The van der Waals surface area contributed by atoms with Crippen LogP contribution in [-0.2, 0) is 10.0 Å². The molecule has 1 heterocycles. The molecule has 0 saturated heterocycles. The average molecular weight is 272 g/mol. The number of benzene rings is 1. The molecule has 0 spiro atoms. The minimum atomic E-state index is -3.51. The van der Waals surface area contributed by atoms with Crippen LogP contribution in [0, 0.1) is 0 Å². The lowest BCUT2D eigenvalue weighted by atomic mass is 10.3. The van der Waals surface area contributed by atoms with Crippen LogP contribution in [0.15, 0.2) is 23.1 Å². The standard InChI is InChI=1S/C11H16N2O4S/c12-4-1-5-13-18(14,15)9-2-3-10-11(8-9)17-7-6-16-10/h2-3,8,13H,1,4-7,12H2. The highest BCUT2D eigenvalue weighted by atomic mass is 32.2. The summed E-state index contributed by atoms with van der Waals surface area (Å²) >= 11 is 0. The summed E-state index contributed by atoms with van der Waals surface area (Å²) in [6.45, 7) is 1.68. The van der Waals surface area contributed by atoms with Gasteiger partial charge < -0.3 is 15.2 Å². The van der Waals surface area contributed by atoms with Crippen molar-refractivity contribution in [1.82, 2.24) is 4.72 Å². The van der Waals surface area contributed by atoms with E-state index >= 15 is 0 Å². The largest absolute Gasteiger partial charge is 0.486 e. The Morgan fingerprint density at radius 2 is 1.94 bits per heavy atom. The fraction of sp³-hybridized carbons (Fsp3) is 0.455. The van der Waals surface area contributed by atoms with E-state index in [0.29, 0.717) is 44.2 Å². The molecule has 0 unspecified atom stereocenters. The first-order valence-corrected chi connectivity index (χ1v) is 7.21. The van der Waals surface area contributed by atoms with Crippen molar-refractivity contribution >= 4 is 10.0 Å². The molecule has 18 heavy (non-hydrogen) atoms. The third-order valence-electron chi connectivity index (χ3n) is 2.50. The minimum absolute atomic E-state index is 0.170. The average Bonchev–Trinajstić information content (AvgIpc) is 2.38. The number of fused-ring (bicyclic) bond motifs is 1. The molecule has 0 amide bonds. The molecular formula is C11H16N2O4S. The predicted octanol–water partition coefficient (Wildman–Crippen LogP) is 0.0849. The summed E-state index contributed by atoms with van der Waals surface area (Å²) < 4.78 is 37.0. The van der Waals surface area contributed by atoms with Gasteiger partial charge in [-0.2, -0.15) is 0 Å². The molecule has 1 aromatic rings. The number of hydrogen-bond donors (Lipinski definition) is 2. The summed E-state index contributed by atoms with van der Waals surface area (Å²) in [5.74, 6) is 1.03. The van der Waals surface area contributed by atoms with Gasteiger partial charge in [-0.15, -0.1) is 0 Å². The van der Waals surface area contributed by atoms with Crippen LogP contribution in [0.2, 0.25) is 0 Å². The molecule has 3 N–H and O–H groups in total. The van der Waals surface area contributed by atoms with Crippen molar-refractivity contribution in [3.8, 4) is 11.5 Å². The maximum atomic E-state index is 11.9. The zero-order chi connectivity index (χ0) is 13.0. The van der Waals surface area contributed by atoms with E-state index in [0.717, 1.165) is 0 Å². The van der Waals surface area contributed by atoms with Crippen LogP contribution in [0.25, 0.3) is 0 Å². The van der Waals surface area contributed by atoms with Crippen LogP contribution in [-0.4, -0.2) is 34.7 Å². The van der Waals surface area contributed by atoms with Crippen molar-refractivity contribution in [2.24, 2.45) is 5.73 Å². The van der Waals surface area contributed by atoms with Gasteiger partial charge in [0.1, 0.15) is 13.2 Å². The third-order valence-corrected chi connectivity index (χ3v) is 3.96. The van der Waals surface area contributed by atoms with E-state index in [9.17, 15) is 8.42 Å². The van der Waals surface area contributed by atoms with E-state index in [1.807, 2.05) is 0 Å². The molecule has 0 fully saturated rings. The summed E-state index contributed by atoms with van der Waals surface area (Å²) in [5, 5.41) is 0. The van der Waals surface area contributed by atoms with Crippen molar-refractivity contribution in [2.75, 3.05) is 26.3 Å². The van der Waals surface area contributed by atoms with E-state index in [-0.39, 0.29) is 4.90 Å². The molecule has 0 saturated carbocycles. The molecule has 6 nitrogen and oxygen atoms in total. The van der Waals surface area contributed by atoms with E-state index in [2.05, 4.69) is 4.72 Å². The molecule has 0 radical (unpaired) electrons. The second kappa shape index (κ2) is 5.55. The molecule has 2 rings (SSSR count). The Morgan fingerprint density at radius 3 is 2.67 bits per heavy atom. The Bertz CT molecular complexity index is 516. The van der Waals surface area contributed by atoms with E-state index in [1.54, 1.807) is 6.07 Å². The normalized spacial score (nSPS) is 14.5. The first-order valence-electron chi connectivity index (χ1n) is 5.73. The highest BCUT2D eigenvalue weighted by Gasteiger charge is 2.18. The quantitative estimate of drug-likeness (QED) is 0.741. The third kappa shape index (κ3) is 2.92. The van der Waals surface area contributed by atoms with E-state index in [4.69, 9.17) is 15.2 Å². The van der Waals surface area contributed by atoms with Gasteiger partial charge in [0.25, 0.3) is 0 Å². The molecule has 0 atom stereocenters. The number of nitrogens with two attached hydrogens (primary N) is 1. The highest BCUT2D eigenvalue weighted by Crippen LogP contribution is 2.32. The smallest absolute Gasteiger partial charge is 0.240 e. The molecule has 1 aliphatic rings. The Hall–Kier alpha value is -1.31. The zero-order valence-corrected chi connectivity index (χ0v) is 10.7. The lowest BCUT2D eigenvalue weighted by molar-refractivity contribution is 0.171. The van der Waals surface area contributed by atoms with Crippen LogP contribution in [0.5, 0.6) is 11.5 Å². The SMILES string of the molecule is NCCCNS(=O)(=O)c1ccc2c(c1)OCCO2. The highest BCUT2D eigenvalue weighted by molar-refractivity contribution is 7.89. The van der Waals surface area contributed by atoms with Crippen LogP contribution >= 0.6 is 0 Å². The van der Waals surface area contributed by atoms with Gasteiger partial charge >= 0.3 is 0 Å². The van der Waals surface area contributed by atoms with E-state index in [1.165, 1.54) is 12.1 Å². The van der Waals surface area contributed by atoms with Crippen LogP contribution in [0.3, 0.4) is 0 Å². The van der Waals surface area contributed by atoms with Crippen molar-refractivity contribution in [1.29, 1.82) is 0 Å². The summed E-state index contributed by atoms with van der Waals surface area (Å²) in [4.78, 5) is 0.170. The monoisotopic (exact) mass is 272 g/mol. The lowest BCUT2D eigenvalue weighted by Crippen LogP contribution is -2.26. The number of nitrogens with one attached hydrogen (secondary N) is 1. The van der Waals surface area contributed by atoms with Crippen molar-refractivity contribution in [2.45, 2.75) is 11.3 Å². The van der Waals surface area contributed by atoms with Gasteiger partial charge in [0, 0.05) is 12.6 Å². The Labute approximate surface area is 106 Å². The number of ether oxygens (including phenoxy) is 2. The second-order valence-corrected chi connectivity index (χ2v) is 5.61. The van der Waals surface area contributed by atoms with E-state index < -0.39 is 10.0 Å². The molecule has 0 bridgehead atoms. The Morgan fingerprint density at radius 1 is 1.22 bits per heavy atom. The van der Waals surface area contributed by atoms with Crippen LogP contribution in [0.4, 0.5) is 0 Å². The number of sulfonamides is 1. The van der Waals surface area contributed by atoms with Crippen molar-refractivity contribution in [3.05, 3.63) is 18.2 Å². The molecule has 100 valence electrons. The maximum Gasteiger partial charge on any atom is 0.240 e. The summed E-state index contributed by atoms with van der Waals surface area (Å²) in [5.41, 5.74) is 5.32. The minimum Gasteiger partial charge on any atom is -0.486 e. The topological polar surface area (TPSA) is 90.7 Å². The molecule has 0 aliphatic carbocycles. The van der Waals surface area contributed by atoms with Gasteiger partial charge in [-0.05, 0) is 25.1 Å². The first kappa shape index (κ1) is 13.1. The summed E-state index contributed by atoms with van der Waals surface area (Å²) in [6.07, 6.45) is 0.601. The van der Waals surface area contributed by atoms with Gasteiger partial charge in [0.2, 0.25) is 10.0 Å². The molecular weight excluding hydrogens is 256 g/mol. The molecule has 1 aliphatic heterocycles. The zero-order valence-electron chi connectivity index (χ0n) is 9.89. The molecule has 7 heteroatoms. The van der Waals surface area contributed by atoms with Gasteiger partial charge in [-0.25, -0.2) is 13.1 Å². The fourth-order valence-electron chi connectivity index (χ4n) is 1.58. The fourth-order valence-corrected chi connectivity index (χ4v) is 2.67. The van der Waals surface area contributed by atoms with Gasteiger partial charge in [-0.3, -0.25) is 0 Å². The first-order chi connectivity index (χ1) is 8.63. The van der Waals surface area contributed by atoms with Gasteiger partial charge in [-0.1, -0.05) is 0 Å². The van der Waals surface area contributed by atoms with Crippen LogP contribution in [0.1, 0.15) is 6.42 Å². The number of hydrogen-bond acceptors (Lipinski definition) is 5. The van der Waals surface area contributed by atoms with Crippen molar-refractivity contribution in [3.63, 3.8) is 0 Å². The predicted molar refractivity (Wildman–Crippen MR) is 66.3 cm³/mol. The number of rotatable bonds is 5. The summed E-state index contributed by atoms with van der Waals surface area (Å²) in [7, 11) is -3.51. The summed E-state index contributed by atoms with van der Waals surface area (Å²) in [6, 6.07) is 4.57. The Balaban J connectivity index is 2.17. The van der Waals surface area contributed by atoms with Crippen molar-refractivity contribution < 1.29 is 17.9 Å². The lowest BCUT2D eigenvalue weighted by Gasteiger charge is -2.18. The van der Waals surface area contributed by atoms with Gasteiger partial charge in [0.15, 0.2) is 11.5 Å². The maximum absolute atomic E-state index is 11.9. The second-order valence-electron chi connectivity index (χ2n) is 3.85. The molecule has 0 aromatic heterocycles. The molecule has 1 aromatic carbocycles. The Kier molecular flexibility index (Phi) is 4.05. The van der Waals surface area contributed by atoms with Gasteiger partial charge in [0.05, 0.1) is 4.90 Å². The van der Waals surface area contributed by atoms with Crippen LogP contribution < -0.4 is 19.9 Å².